The molecule has 0 atom stereocenters. The van der Waals surface area contributed by atoms with E-state index in [1.165, 1.54) is 0 Å². The number of nitrogens with one attached hydrogen (secondary N) is 1. The third kappa shape index (κ3) is 4.68. The van der Waals surface area contributed by atoms with Crippen LogP contribution in [0.1, 0.15) is 49.8 Å². The van der Waals surface area contributed by atoms with E-state index in [4.69, 9.17) is 4.74 Å². The summed E-state index contributed by atoms with van der Waals surface area (Å²) < 4.78 is 6.52. The molecule has 1 N–H and O–H groups in total. The van der Waals surface area contributed by atoms with Crippen LogP contribution >= 0.6 is 0 Å². The van der Waals surface area contributed by atoms with Crippen molar-refractivity contribution < 1.29 is 14.3 Å². The number of esters is 1. The van der Waals surface area contributed by atoms with Gasteiger partial charge in [-0.05, 0) is 32.8 Å². The molecule has 0 saturated carbocycles. The zero-order valence-electron chi connectivity index (χ0n) is 12.4. The van der Waals surface area contributed by atoms with Gasteiger partial charge in [0.2, 0.25) is 0 Å². The Morgan fingerprint density at radius 2 is 2.10 bits per heavy atom. The Kier molecular flexibility index (Phi) is 6.76. The lowest BCUT2D eigenvalue weighted by atomic mass is 10.2. The van der Waals surface area contributed by atoms with Crippen LogP contribution in [0.3, 0.4) is 0 Å². The van der Waals surface area contributed by atoms with Crippen LogP contribution in [0.4, 0.5) is 0 Å². The van der Waals surface area contributed by atoms with Gasteiger partial charge in [0.15, 0.2) is 0 Å². The van der Waals surface area contributed by atoms with Gasteiger partial charge in [-0.2, -0.15) is 5.10 Å². The molecule has 0 fully saturated rings. The highest BCUT2D eigenvalue weighted by Crippen LogP contribution is 2.05. The van der Waals surface area contributed by atoms with Crippen molar-refractivity contribution in [3.8, 4) is 0 Å². The summed E-state index contributed by atoms with van der Waals surface area (Å²) in [6.07, 6.45) is 1.70. The molecule has 0 bridgehead atoms. The van der Waals surface area contributed by atoms with Gasteiger partial charge in [0.1, 0.15) is 5.69 Å². The Morgan fingerprint density at radius 1 is 1.35 bits per heavy atom. The molecule has 0 aliphatic rings. The lowest BCUT2D eigenvalue weighted by Gasteiger charge is -2.06. The van der Waals surface area contributed by atoms with Crippen molar-refractivity contribution >= 4 is 11.9 Å². The van der Waals surface area contributed by atoms with Crippen LogP contribution in [0.15, 0.2) is 6.07 Å². The predicted molar refractivity (Wildman–Crippen MR) is 75.5 cm³/mol. The molecular formula is C14H23N3O3. The zero-order valence-corrected chi connectivity index (χ0v) is 12.4. The average molecular weight is 281 g/mol. The molecule has 0 spiro atoms. The first-order valence-electron chi connectivity index (χ1n) is 7.12. The van der Waals surface area contributed by atoms with E-state index >= 15 is 0 Å². The van der Waals surface area contributed by atoms with E-state index in [2.05, 4.69) is 10.4 Å². The van der Waals surface area contributed by atoms with E-state index in [1.54, 1.807) is 11.6 Å². The molecule has 0 radical (unpaired) electrons. The van der Waals surface area contributed by atoms with Crippen LogP contribution in [0.25, 0.3) is 0 Å². The molecule has 0 saturated heterocycles. The first-order valence-corrected chi connectivity index (χ1v) is 7.12. The summed E-state index contributed by atoms with van der Waals surface area (Å²) in [5.74, 6) is -0.378. The predicted octanol–water partition coefficient (Wildman–Crippen LogP) is 1.54. The number of aryl methyl sites for hydroxylation is 2. The Balaban J connectivity index is 2.43. The number of amides is 1. The van der Waals surface area contributed by atoms with Crippen molar-refractivity contribution in [2.24, 2.45) is 0 Å². The molecule has 1 aromatic heterocycles. The maximum absolute atomic E-state index is 12.0. The van der Waals surface area contributed by atoms with Crippen molar-refractivity contribution in [1.29, 1.82) is 0 Å². The van der Waals surface area contributed by atoms with Gasteiger partial charge in [0.05, 0.1) is 12.3 Å². The van der Waals surface area contributed by atoms with Crippen LogP contribution in [-0.2, 0) is 22.5 Å². The van der Waals surface area contributed by atoms with Crippen molar-refractivity contribution in [3.05, 3.63) is 17.5 Å². The maximum Gasteiger partial charge on any atom is 0.305 e. The Labute approximate surface area is 119 Å². The van der Waals surface area contributed by atoms with Crippen molar-refractivity contribution in [2.75, 3.05) is 13.2 Å². The van der Waals surface area contributed by atoms with E-state index in [9.17, 15) is 9.59 Å². The molecule has 0 aromatic carbocycles. The second kappa shape index (κ2) is 8.35. The molecule has 112 valence electrons. The molecule has 1 amide bonds. The normalized spacial score (nSPS) is 10.3. The van der Waals surface area contributed by atoms with Gasteiger partial charge < -0.3 is 10.1 Å². The molecular weight excluding hydrogens is 258 g/mol. The van der Waals surface area contributed by atoms with E-state index in [0.717, 1.165) is 12.1 Å². The lowest BCUT2D eigenvalue weighted by molar-refractivity contribution is -0.143. The van der Waals surface area contributed by atoms with Gasteiger partial charge in [-0.3, -0.25) is 14.3 Å². The minimum Gasteiger partial charge on any atom is -0.466 e. The van der Waals surface area contributed by atoms with Crippen molar-refractivity contribution in [3.63, 3.8) is 0 Å². The number of carbonyl (C=O) groups excluding carboxylic acids is 2. The average Bonchev–Trinajstić information content (AvgIpc) is 2.87. The van der Waals surface area contributed by atoms with E-state index in [-0.39, 0.29) is 11.9 Å². The smallest absolute Gasteiger partial charge is 0.305 e. The Morgan fingerprint density at radius 3 is 2.70 bits per heavy atom. The SMILES string of the molecule is CCOC(=O)CCCNC(=O)c1cc(CC)nn1CC. The molecule has 0 aliphatic carbocycles. The summed E-state index contributed by atoms with van der Waals surface area (Å²) in [4.78, 5) is 23.2. The summed E-state index contributed by atoms with van der Waals surface area (Å²) in [6.45, 7) is 7.23. The highest BCUT2D eigenvalue weighted by Gasteiger charge is 2.13. The molecule has 6 heteroatoms. The quantitative estimate of drug-likeness (QED) is 0.579. The molecule has 0 aliphatic heterocycles. The van der Waals surface area contributed by atoms with Gasteiger partial charge >= 0.3 is 5.97 Å². The largest absolute Gasteiger partial charge is 0.466 e. The van der Waals surface area contributed by atoms with Crippen molar-refractivity contribution in [1.82, 2.24) is 15.1 Å². The minimum atomic E-state index is -0.228. The highest BCUT2D eigenvalue weighted by molar-refractivity contribution is 5.92. The molecule has 1 rings (SSSR count). The van der Waals surface area contributed by atoms with Crippen LogP contribution < -0.4 is 5.32 Å². The van der Waals surface area contributed by atoms with Gasteiger partial charge in [0, 0.05) is 19.5 Å². The van der Waals surface area contributed by atoms with Gasteiger partial charge in [0.25, 0.3) is 5.91 Å². The van der Waals surface area contributed by atoms with Crippen LogP contribution in [0, 0.1) is 0 Å². The molecule has 6 nitrogen and oxygen atoms in total. The topological polar surface area (TPSA) is 73.2 Å². The number of aromatic nitrogens is 2. The highest BCUT2D eigenvalue weighted by atomic mass is 16.5. The third-order valence-corrected chi connectivity index (χ3v) is 2.87. The summed E-state index contributed by atoms with van der Waals surface area (Å²) in [7, 11) is 0. The standard InChI is InChI=1S/C14H23N3O3/c1-4-11-10-12(17(5-2)16-11)14(19)15-9-7-8-13(18)20-6-3/h10H,4-9H2,1-3H3,(H,15,19). The second-order valence-corrected chi connectivity index (χ2v) is 4.35. The number of ether oxygens (including phenoxy) is 1. The van der Waals surface area contributed by atoms with Gasteiger partial charge in [-0.25, -0.2) is 0 Å². The summed E-state index contributed by atoms with van der Waals surface area (Å²) in [6, 6.07) is 1.81. The molecule has 1 heterocycles. The second-order valence-electron chi connectivity index (χ2n) is 4.35. The van der Waals surface area contributed by atoms with Gasteiger partial charge in [-0.1, -0.05) is 6.92 Å². The Bertz CT molecular complexity index is 455. The molecule has 20 heavy (non-hydrogen) atoms. The number of carbonyl (C=O) groups is 2. The lowest BCUT2D eigenvalue weighted by Crippen LogP contribution is -2.27. The summed E-state index contributed by atoms with van der Waals surface area (Å²) in [5, 5.41) is 7.13. The summed E-state index contributed by atoms with van der Waals surface area (Å²) in [5.41, 5.74) is 1.48. The van der Waals surface area contributed by atoms with E-state index < -0.39 is 0 Å². The number of hydrogen-bond donors (Lipinski definition) is 1. The fraction of sp³-hybridized carbons (Fsp3) is 0.643. The van der Waals surface area contributed by atoms with Crippen LogP contribution in [-0.4, -0.2) is 34.8 Å². The van der Waals surface area contributed by atoms with Crippen LogP contribution in [0.5, 0.6) is 0 Å². The Hall–Kier alpha value is -1.85. The van der Waals surface area contributed by atoms with E-state index in [0.29, 0.717) is 38.2 Å². The number of hydrogen-bond acceptors (Lipinski definition) is 4. The molecule has 0 unspecified atom stereocenters. The third-order valence-electron chi connectivity index (χ3n) is 2.87. The first-order chi connectivity index (χ1) is 9.62. The fourth-order valence-electron chi connectivity index (χ4n) is 1.83. The summed E-state index contributed by atoms with van der Waals surface area (Å²) >= 11 is 0. The van der Waals surface area contributed by atoms with E-state index in [1.807, 2.05) is 19.9 Å². The molecule has 1 aromatic rings. The van der Waals surface area contributed by atoms with Crippen LogP contribution in [0.2, 0.25) is 0 Å². The van der Waals surface area contributed by atoms with Crippen molar-refractivity contribution in [2.45, 2.75) is 46.6 Å². The zero-order chi connectivity index (χ0) is 15.0. The number of nitrogens with zero attached hydrogens (tertiary/aromatic N) is 2. The minimum absolute atomic E-state index is 0.150. The monoisotopic (exact) mass is 281 g/mol. The number of rotatable bonds is 8. The first kappa shape index (κ1) is 16.2. The van der Waals surface area contributed by atoms with Gasteiger partial charge in [-0.15, -0.1) is 0 Å². The maximum atomic E-state index is 12.0. The fourth-order valence-corrected chi connectivity index (χ4v) is 1.83.